The van der Waals surface area contributed by atoms with Crippen LogP contribution in [0.4, 0.5) is 0 Å². The molecule has 0 aliphatic rings. The molecule has 0 bridgehead atoms. The molecule has 2 rings (SSSR count). The quantitative estimate of drug-likeness (QED) is 0.777. The molecule has 0 saturated heterocycles. The number of halogens is 1. The van der Waals surface area contributed by atoms with E-state index in [-0.39, 0.29) is 12.4 Å². The van der Waals surface area contributed by atoms with Gasteiger partial charge in [0.2, 0.25) is 0 Å². The van der Waals surface area contributed by atoms with E-state index in [0.29, 0.717) is 19.6 Å². The molecule has 1 heterocycles. The van der Waals surface area contributed by atoms with Gasteiger partial charge in [-0.15, -0.1) is 11.3 Å². The van der Waals surface area contributed by atoms with E-state index >= 15 is 0 Å². The third kappa shape index (κ3) is 4.52. The van der Waals surface area contributed by atoms with Crippen molar-refractivity contribution in [2.24, 2.45) is 0 Å². The number of thiophene rings is 1. The van der Waals surface area contributed by atoms with Crippen molar-refractivity contribution < 1.29 is 9.90 Å². The Bertz CT molecular complexity index is 556. The third-order valence-corrected chi connectivity index (χ3v) is 4.55. The summed E-state index contributed by atoms with van der Waals surface area (Å²) in [6.07, 6.45) is 0. The minimum atomic E-state index is 0.0498. The van der Waals surface area contributed by atoms with Crippen molar-refractivity contribution in [3.05, 3.63) is 56.7 Å². The van der Waals surface area contributed by atoms with Crippen molar-refractivity contribution in [1.82, 2.24) is 4.90 Å². The lowest BCUT2D eigenvalue weighted by Gasteiger charge is -2.20. The van der Waals surface area contributed by atoms with Gasteiger partial charge in [-0.2, -0.15) is 0 Å². The number of ketones is 1. The van der Waals surface area contributed by atoms with Gasteiger partial charge in [-0.1, -0.05) is 30.3 Å². The Balaban J connectivity index is 2.00. The second-order valence-electron chi connectivity index (χ2n) is 4.45. The molecule has 0 amide bonds. The maximum Gasteiger partial charge on any atom is 0.186 e. The first kappa shape index (κ1) is 15.4. The fourth-order valence-corrected chi connectivity index (χ4v) is 3.26. The van der Waals surface area contributed by atoms with Crippen LogP contribution < -0.4 is 0 Å². The van der Waals surface area contributed by atoms with Crippen LogP contribution in [0.25, 0.3) is 0 Å². The van der Waals surface area contributed by atoms with Crippen molar-refractivity contribution in [3.63, 3.8) is 0 Å². The minimum absolute atomic E-state index is 0.0498. The molecule has 0 radical (unpaired) electrons. The Morgan fingerprint density at radius 2 is 1.95 bits per heavy atom. The largest absolute Gasteiger partial charge is 0.395 e. The summed E-state index contributed by atoms with van der Waals surface area (Å²) in [5.41, 5.74) is 1.14. The first-order chi connectivity index (χ1) is 9.69. The molecule has 0 aliphatic heterocycles. The number of carbonyl (C=O) groups excluding carboxylic acids is 1. The van der Waals surface area contributed by atoms with Crippen LogP contribution in [-0.2, 0) is 6.54 Å². The standard InChI is InChI=1S/C15H16BrNO2S/c16-15-7-6-14(20-15)13(19)11-17(8-9-18)10-12-4-2-1-3-5-12/h1-7,18H,8-11H2. The van der Waals surface area contributed by atoms with Gasteiger partial charge >= 0.3 is 0 Å². The molecular weight excluding hydrogens is 338 g/mol. The number of benzene rings is 1. The number of rotatable bonds is 7. The van der Waals surface area contributed by atoms with Gasteiger partial charge in [0, 0.05) is 13.1 Å². The van der Waals surface area contributed by atoms with Crippen LogP contribution in [0, 0.1) is 0 Å². The lowest BCUT2D eigenvalue weighted by Crippen LogP contribution is -2.31. The molecule has 0 fully saturated rings. The average Bonchev–Trinajstić information content (AvgIpc) is 2.87. The Hall–Kier alpha value is -1.01. The van der Waals surface area contributed by atoms with Crippen LogP contribution in [0.1, 0.15) is 15.2 Å². The van der Waals surface area contributed by atoms with Crippen molar-refractivity contribution in [2.75, 3.05) is 19.7 Å². The summed E-state index contributed by atoms with van der Waals surface area (Å²) in [4.78, 5) is 14.9. The lowest BCUT2D eigenvalue weighted by atomic mass is 10.2. The summed E-state index contributed by atoms with van der Waals surface area (Å²) >= 11 is 4.80. The molecule has 2 aromatic rings. The molecule has 0 saturated carbocycles. The predicted molar refractivity (Wildman–Crippen MR) is 85.2 cm³/mol. The van der Waals surface area contributed by atoms with Gasteiger partial charge in [0.25, 0.3) is 0 Å². The van der Waals surface area contributed by atoms with Gasteiger partial charge in [0.05, 0.1) is 21.8 Å². The summed E-state index contributed by atoms with van der Waals surface area (Å²) < 4.78 is 0.956. The maximum absolute atomic E-state index is 12.2. The van der Waals surface area contributed by atoms with Crippen molar-refractivity contribution >= 4 is 33.0 Å². The number of carbonyl (C=O) groups is 1. The molecule has 0 spiro atoms. The number of nitrogens with zero attached hydrogens (tertiary/aromatic N) is 1. The third-order valence-electron chi connectivity index (χ3n) is 2.88. The van der Waals surface area contributed by atoms with Crippen LogP contribution in [0.2, 0.25) is 0 Å². The normalized spacial score (nSPS) is 10.9. The minimum Gasteiger partial charge on any atom is -0.395 e. The molecule has 5 heteroatoms. The van der Waals surface area contributed by atoms with Gasteiger partial charge in [-0.05, 0) is 33.6 Å². The van der Waals surface area contributed by atoms with Gasteiger partial charge in [0.1, 0.15) is 0 Å². The van der Waals surface area contributed by atoms with E-state index in [9.17, 15) is 4.79 Å². The Kier molecular flexibility index (Phi) is 5.91. The highest BCUT2D eigenvalue weighted by molar-refractivity contribution is 9.11. The molecule has 20 heavy (non-hydrogen) atoms. The Morgan fingerprint density at radius 1 is 1.20 bits per heavy atom. The highest BCUT2D eigenvalue weighted by Crippen LogP contribution is 2.22. The van der Waals surface area contributed by atoms with Crippen LogP contribution >= 0.6 is 27.3 Å². The van der Waals surface area contributed by atoms with Gasteiger partial charge in [-0.25, -0.2) is 0 Å². The monoisotopic (exact) mass is 353 g/mol. The zero-order valence-corrected chi connectivity index (χ0v) is 13.4. The molecule has 0 atom stereocenters. The van der Waals surface area contributed by atoms with Crippen LogP contribution in [0.3, 0.4) is 0 Å². The molecule has 1 N–H and O–H groups in total. The van der Waals surface area contributed by atoms with Crippen molar-refractivity contribution in [2.45, 2.75) is 6.54 Å². The number of hydrogen-bond donors (Lipinski definition) is 1. The fraction of sp³-hybridized carbons (Fsp3) is 0.267. The number of Topliss-reactive ketones (excluding diaryl/α,β-unsaturated/α-hetero) is 1. The second-order valence-corrected chi connectivity index (χ2v) is 6.91. The zero-order valence-electron chi connectivity index (χ0n) is 11.0. The summed E-state index contributed by atoms with van der Waals surface area (Å²) in [5, 5.41) is 9.14. The average molecular weight is 354 g/mol. The number of aliphatic hydroxyl groups is 1. The van der Waals surface area contributed by atoms with E-state index in [2.05, 4.69) is 15.9 Å². The molecule has 0 unspecified atom stereocenters. The molecule has 0 aliphatic carbocycles. The van der Waals surface area contributed by atoms with E-state index in [1.807, 2.05) is 47.4 Å². The predicted octanol–water partition coefficient (Wildman–Crippen LogP) is 3.19. The number of aliphatic hydroxyl groups excluding tert-OH is 1. The SMILES string of the molecule is O=C(CN(CCO)Cc1ccccc1)c1ccc(Br)s1. The Morgan fingerprint density at radius 3 is 2.55 bits per heavy atom. The van der Waals surface area contributed by atoms with E-state index < -0.39 is 0 Å². The summed E-state index contributed by atoms with van der Waals surface area (Å²) in [7, 11) is 0. The summed E-state index contributed by atoms with van der Waals surface area (Å²) in [6, 6.07) is 13.7. The van der Waals surface area contributed by atoms with Crippen LogP contribution in [0.15, 0.2) is 46.3 Å². The van der Waals surface area contributed by atoms with E-state index in [4.69, 9.17) is 5.11 Å². The number of hydrogen-bond acceptors (Lipinski definition) is 4. The van der Waals surface area contributed by atoms with E-state index in [1.165, 1.54) is 11.3 Å². The highest BCUT2D eigenvalue weighted by Gasteiger charge is 2.14. The smallest absolute Gasteiger partial charge is 0.186 e. The lowest BCUT2D eigenvalue weighted by molar-refractivity contribution is 0.0912. The molecule has 1 aromatic carbocycles. The first-order valence-electron chi connectivity index (χ1n) is 6.34. The van der Waals surface area contributed by atoms with Crippen LogP contribution in [0.5, 0.6) is 0 Å². The van der Waals surface area contributed by atoms with E-state index in [1.54, 1.807) is 0 Å². The molecule has 3 nitrogen and oxygen atoms in total. The molecular formula is C15H16BrNO2S. The molecule has 1 aromatic heterocycles. The first-order valence-corrected chi connectivity index (χ1v) is 7.95. The topological polar surface area (TPSA) is 40.5 Å². The Labute approximate surface area is 131 Å². The van der Waals surface area contributed by atoms with E-state index in [0.717, 1.165) is 14.2 Å². The van der Waals surface area contributed by atoms with Gasteiger partial charge in [-0.3, -0.25) is 9.69 Å². The summed E-state index contributed by atoms with van der Waals surface area (Å²) in [5.74, 6) is 0.0880. The maximum atomic E-state index is 12.2. The fourth-order valence-electron chi connectivity index (χ4n) is 1.94. The van der Waals surface area contributed by atoms with Crippen molar-refractivity contribution in [1.29, 1.82) is 0 Å². The van der Waals surface area contributed by atoms with Gasteiger partial charge in [0.15, 0.2) is 5.78 Å². The highest BCUT2D eigenvalue weighted by atomic mass is 79.9. The van der Waals surface area contributed by atoms with Crippen LogP contribution in [-0.4, -0.2) is 35.5 Å². The zero-order chi connectivity index (χ0) is 14.4. The summed E-state index contributed by atoms with van der Waals surface area (Å²) in [6.45, 7) is 1.53. The van der Waals surface area contributed by atoms with Gasteiger partial charge < -0.3 is 5.11 Å². The second kappa shape index (κ2) is 7.69. The molecule has 106 valence electrons. The van der Waals surface area contributed by atoms with Crippen molar-refractivity contribution in [3.8, 4) is 0 Å².